The van der Waals surface area contributed by atoms with Crippen molar-refractivity contribution in [1.82, 2.24) is 10.2 Å². The van der Waals surface area contributed by atoms with Crippen LogP contribution in [0.1, 0.15) is 45.4 Å². The second-order valence-electron chi connectivity index (χ2n) is 5.69. The molecule has 0 aromatic heterocycles. The van der Waals surface area contributed by atoms with Crippen LogP contribution in [0, 0.1) is 0 Å². The van der Waals surface area contributed by atoms with Crippen molar-refractivity contribution in [3.63, 3.8) is 0 Å². The van der Waals surface area contributed by atoms with E-state index >= 15 is 0 Å². The summed E-state index contributed by atoms with van der Waals surface area (Å²) in [5, 5.41) is 4.86. The van der Waals surface area contributed by atoms with Crippen LogP contribution in [-0.4, -0.2) is 48.1 Å². The molecule has 3 atom stereocenters. The van der Waals surface area contributed by atoms with Crippen LogP contribution < -0.4 is 5.32 Å². The summed E-state index contributed by atoms with van der Waals surface area (Å²) in [6.07, 6.45) is 8.34. The predicted octanol–water partition coefficient (Wildman–Crippen LogP) is 2.73. The third kappa shape index (κ3) is 4.46. The molecule has 2 rings (SSSR count). The number of rotatable bonds is 4. The molecule has 1 aliphatic carbocycles. The molecule has 2 fully saturated rings. The molecule has 1 N–H and O–H groups in total. The molecule has 2 aliphatic rings. The Hall–Kier alpha value is 0.270. The van der Waals surface area contributed by atoms with E-state index in [4.69, 9.17) is 0 Å². The Kier molecular flexibility index (Phi) is 5.64. The Balaban J connectivity index is 1.70. The molecule has 0 aromatic rings. The molecule has 100 valence electrons. The second-order valence-corrected chi connectivity index (χ2v) is 7.26. The molecule has 1 aliphatic heterocycles. The molecule has 1 saturated carbocycles. The standard InChI is InChI=1S/C14H28N2S/c1-3-17-14-7-6-13(11-14)15-12-5-4-9-16(2)10-8-12/h12-15H,3-11H2,1-2H3. The van der Waals surface area contributed by atoms with E-state index in [1.165, 1.54) is 57.4 Å². The van der Waals surface area contributed by atoms with Gasteiger partial charge >= 0.3 is 0 Å². The zero-order valence-electron chi connectivity index (χ0n) is 11.5. The minimum Gasteiger partial charge on any atom is -0.311 e. The molecule has 3 heteroatoms. The molecule has 0 amide bonds. The van der Waals surface area contributed by atoms with Gasteiger partial charge in [0.1, 0.15) is 0 Å². The minimum absolute atomic E-state index is 0.787. The van der Waals surface area contributed by atoms with Crippen molar-refractivity contribution in [2.75, 3.05) is 25.9 Å². The second kappa shape index (κ2) is 7.01. The van der Waals surface area contributed by atoms with Crippen LogP contribution in [0.25, 0.3) is 0 Å². The lowest BCUT2D eigenvalue weighted by Crippen LogP contribution is -2.37. The lowest BCUT2D eigenvalue weighted by atomic mass is 10.1. The number of nitrogens with one attached hydrogen (secondary N) is 1. The molecular weight excluding hydrogens is 228 g/mol. The van der Waals surface area contributed by atoms with Crippen molar-refractivity contribution >= 4 is 11.8 Å². The third-order valence-corrected chi connectivity index (χ3v) is 5.44. The SMILES string of the molecule is CCSC1CCC(NC2CCCN(C)CC2)C1. The smallest absolute Gasteiger partial charge is 0.00823 e. The van der Waals surface area contributed by atoms with E-state index in [0.717, 1.165) is 17.3 Å². The first kappa shape index (κ1) is 13.7. The van der Waals surface area contributed by atoms with E-state index in [0.29, 0.717) is 0 Å². The lowest BCUT2D eigenvalue weighted by molar-refractivity contribution is 0.338. The Labute approximate surface area is 111 Å². The van der Waals surface area contributed by atoms with Gasteiger partial charge in [0.05, 0.1) is 0 Å². The van der Waals surface area contributed by atoms with Crippen molar-refractivity contribution in [1.29, 1.82) is 0 Å². The van der Waals surface area contributed by atoms with E-state index in [2.05, 4.69) is 35.9 Å². The van der Waals surface area contributed by atoms with Gasteiger partial charge in [-0.2, -0.15) is 11.8 Å². The zero-order valence-corrected chi connectivity index (χ0v) is 12.3. The molecule has 17 heavy (non-hydrogen) atoms. The molecule has 0 radical (unpaired) electrons. The van der Waals surface area contributed by atoms with Gasteiger partial charge in [0.25, 0.3) is 0 Å². The highest BCUT2D eigenvalue weighted by atomic mass is 32.2. The molecule has 3 unspecified atom stereocenters. The Morgan fingerprint density at radius 1 is 1.12 bits per heavy atom. The van der Waals surface area contributed by atoms with Crippen molar-refractivity contribution in [3.8, 4) is 0 Å². The Morgan fingerprint density at radius 3 is 2.82 bits per heavy atom. The predicted molar refractivity (Wildman–Crippen MR) is 77.8 cm³/mol. The first-order valence-electron chi connectivity index (χ1n) is 7.34. The fourth-order valence-corrected chi connectivity index (χ4v) is 4.36. The van der Waals surface area contributed by atoms with Gasteiger partial charge in [-0.05, 0) is 64.4 Å². The normalized spacial score (nSPS) is 36.0. The maximum absolute atomic E-state index is 3.93. The fourth-order valence-electron chi connectivity index (χ4n) is 3.22. The number of thioether (sulfide) groups is 1. The van der Waals surface area contributed by atoms with Crippen molar-refractivity contribution < 1.29 is 0 Å². The van der Waals surface area contributed by atoms with Gasteiger partial charge in [-0.25, -0.2) is 0 Å². The van der Waals surface area contributed by atoms with Crippen molar-refractivity contribution in [3.05, 3.63) is 0 Å². The summed E-state index contributed by atoms with van der Waals surface area (Å²) in [5.41, 5.74) is 0. The largest absolute Gasteiger partial charge is 0.311 e. The summed E-state index contributed by atoms with van der Waals surface area (Å²) in [4.78, 5) is 2.48. The van der Waals surface area contributed by atoms with Gasteiger partial charge in [-0.1, -0.05) is 6.92 Å². The average Bonchev–Trinajstić information content (AvgIpc) is 2.63. The summed E-state index contributed by atoms with van der Waals surface area (Å²) < 4.78 is 0. The quantitative estimate of drug-likeness (QED) is 0.832. The van der Waals surface area contributed by atoms with Gasteiger partial charge < -0.3 is 10.2 Å². The highest BCUT2D eigenvalue weighted by Crippen LogP contribution is 2.30. The van der Waals surface area contributed by atoms with Gasteiger partial charge in [-0.3, -0.25) is 0 Å². The topological polar surface area (TPSA) is 15.3 Å². The van der Waals surface area contributed by atoms with Crippen LogP contribution in [0.5, 0.6) is 0 Å². The molecular formula is C14H28N2S. The summed E-state index contributed by atoms with van der Waals surface area (Å²) in [7, 11) is 2.26. The molecule has 0 bridgehead atoms. The highest BCUT2D eigenvalue weighted by Gasteiger charge is 2.26. The van der Waals surface area contributed by atoms with E-state index in [1.54, 1.807) is 0 Å². The van der Waals surface area contributed by atoms with Gasteiger partial charge in [0.2, 0.25) is 0 Å². The number of nitrogens with zero attached hydrogens (tertiary/aromatic N) is 1. The summed E-state index contributed by atoms with van der Waals surface area (Å²) in [5.74, 6) is 1.28. The average molecular weight is 256 g/mol. The summed E-state index contributed by atoms with van der Waals surface area (Å²) >= 11 is 2.16. The monoisotopic (exact) mass is 256 g/mol. The van der Waals surface area contributed by atoms with Crippen LogP contribution in [0.4, 0.5) is 0 Å². The zero-order chi connectivity index (χ0) is 12.1. The van der Waals surface area contributed by atoms with Crippen molar-refractivity contribution in [2.24, 2.45) is 0 Å². The van der Waals surface area contributed by atoms with Crippen LogP contribution in [-0.2, 0) is 0 Å². The first-order chi connectivity index (χ1) is 8.28. The number of likely N-dealkylation sites (tertiary alicyclic amines) is 1. The summed E-state index contributed by atoms with van der Waals surface area (Å²) in [6.45, 7) is 4.85. The van der Waals surface area contributed by atoms with Gasteiger partial charge in [0.15, 0.2) is 0 Å². The van der Waals surface area contributed by atoms with Gasteiger partial charge in [-0.15, -0.1) is 0 Å². The fraction of sp³-hybridized carbons (Fsp3) is 1.00. The van der Waals surface area contributed by atoms with E-state index in [9.17, 15) is 0 Å². The first-order valence-corrected chi connectivity index (χ1v) is 8.39. The Morgan fingerprint density at radius 2 is 2.00 bits per heavy atom. The molecule has 1 saturated heterocycles. The molecule has 0 spiro atoms. The highest BCUT2D eigenvalue weighted by molar-refractivity contribution is 7.99. The van der Waals surface area contributed by atoms with Crippen LogP contribution in [0.15, 0.2) is 0 Å². The van der Waals surface area contributed by atoms with Crippen molar-refractivity contribution in [2.45, 2.75) is 62.8 Å². The summed E-state index contributed by atoms with van der Waals surface area (Å²) in [6, 6.07) is 1.60. The van der Waals surface area contributed by atoms with Crippen LogP contribution in [0.3, 0.4) is 0 Å². The van der Waals surface area contributed by atoms with E-state index in [1.807, 2.05) is 0 Å². The third-order valence-electron chi connectivity index (χ3n) is 4.21. The van der Waals surface area contributed by atoms with E-state index < -0.39 is 0 Å². The number of hydrogen-bond donors (Lipinski definition) is 1. The van der Waals surface area contributed by atoms with Gasteiger partial charge in [0, 0.05) is 17.3 Å². The molecule has 1 heterocycles. The lowest BCUT2D eigenvalue weighted by Gasteiger charge is -2.21. The minimum atomic E-state index is 0.787. The van der Waals surface area contributed by atoms with E-state index in [-0.39, 0.29) is 0 Å². The van der Waals surface area contributed by atoms with Crippen LogP contribution >= 0.6 is 11.8 Å². The molecule has 2 nitrogen and oxygen atoms in total. The maximum Gasteiger partial charge on any atom is 0.00823 e. The van der Waals surface area contributed by atoms with Crippen LogP contribution in [0.2, 0.25) is 0 Å². The molecule has 0 aromatic carbocycles. The maximum atomic E-state index is 3.93. The Bertz CT molecular complexity index is 222. The number of hydrogen-bond acceptors (Lipinski definition) is 3.